The van der Waals surface area contributed by atoms with Crippen molar-refractivity contribution in [3.63, 3.8) is 0 Å². The third-order valence-electron chi connectivity index (χ3n) is 4.79. The van der Waals surface area contributed by atoms with Crippen molar-refractivity contribution in [3.8, 4) is 5.75 Å². The minimum Gasteiger partial charge on any atom is -0.505 e. The van der Waals surface area contributed by atoms with Gasteiger partial charge in [-0.3, -0.25) is 9.59 Å². The standard InChI is InChI=1S/C21H28N2O9/c1-6-13-17(32-21(28)30-10(2)3)12(5)31-20(27)14(9-29-19(13)26)23-18(25)15-16(24)11(4)7-8-22-15/h7-8,10,12-14,17,24H,6,9H2,1-5H3,(H,23,25)/t12-,13+,14-,17-/m0/s1. The van der Waals surface area contributed by atoms with Crippen molar-refractivity contribution >= 4 is 24.0 Å². The topological polar surface area (TPSA) is 150 Å². The van der Waals surface area contributed by atoms with E-state index in [1.165, 1.54) is 19.2 Å². The number of carbonyl (C=O) groups is 4. The highest BCUT2D eigenvalue weighted by molar-refractivity contribution is 5.97. The Morgan fingerprint density at radius 2 is 2.00 bits per heavy atom. The molecular weight excluding hydrogens is 424 g/mol. The van der Waals surface area contributed by atoms with Crippen LogP contribution >= 0.6 is 0 Å². The van der Waals surface area contributed by atoms with Gasteiger partial charge in [0.05, 0.1) is 12.0 Å². The molecule has 1 saturated heterocycles. The molecule has 1 aliphatic rings. The van der Waals surface area contributed by atoms with Crippen LogP contribution in [0.1, 0.15) is 50.2 Å². The summed E-state index contributed by atoms with van der Waals surface area (Å²) in [6.07, 6.45) is -2.09. The number of aromatic hydroxyl groups is 1. The average Bonchev–Trinajstić information content (AvgIpc) is 2.74. The second-order valence-electron chi connectivity index (χ2n) is 7.64. The molecule has 0 unspecified atom stereocenters. The van der Waals surface area contributed by atoms with Crippen LogP contribution in [0.15, 0.2) is 12.3 Å². The van der Waals surface area contributed by atoms with E-state index in [9.17, 15) is 24.3 Å². The van der Waals surface area contributed by atoms with Crippen LogP contribution in [-0.2, 0) is 28.5 Å². The van der Waals surface area contributed by atoms with Crippen LogP contribution in [0.4, 0.5) is 4.79 Å². The van der Waals surface area contributed by atoms with E-state index in [1.54, 1.807) is 27.7 Å². The quantitative estimate of drug-likeness (QED) is 0.498. The highest BCUT2D eigenvalue weighted by Gasteiger charge is 2.41. The summed E-state index contributed by atoms with van der Waals surface area (Å²) in [5.74, 6) is -3.75. The Bertz CT molecular complexity index is 871. The fraction of sp³-hybridized carbons (Fsp3) is 0.571. The molecule has 0 spiro atoms. The Hall–Kier alpha value is -3.37. The Labute approximate surface area is 185 Å². The molecule has 1 fully saturated rings. The molecule has 2 N–H and O–H groups in total. The van der Waals surface area contributed by atoms with Crippen molar-refractivity contribution in [3.05, 3.63) is 23.5 Å². The number of carbonyl (C=O) groups excluding carboxylic acids is 4. The summed E-state index contributed by atoms with van der Waals surface area (Å²) >= 11 is 0. The van der Waals surface area contributed by atoms with E-state index in [4.69, 9.17) is 18.9 Å². The van der Waals surface area contributed by atoms with Crippen LogP contribution in [0.2, 0.25) is 0 Å². The molecule has 0 aromatic carbocycles. The van der Waals surface area contributed by atoms with Gasteiger partial charge in [-0.2, -0.15) is 0 Å². The molecule has 2 heterocycles. The number of pyridine rings is 1. The van der Waals surface area contributed by atoms with Crippen LogP contribution in [0.5, 0.6) is 5.75 Å². The van der Waals surface area contributed by atoms with E-state index in [-0.39, 0.29) is 17.9 Å². The Morgan fingerprint density at radius 3 is 2.62 bits per heavy atom. The maximum absolute atomic E-state index is 12.7. The minimum atomic E-state index is -1.37. The number of esters is 2. The summed E-state index contributed by atoms with van der Waals surface area (Å²) in [7, 11) is 0. The first-order chi connectivity index (χ1) is 15.0. The van der Waals surface area contributed by atoms with Gasteiger partial charge in [0.2, 0.25) is 0 Å². The first kappa shape index (κ1) is 24.9. The van der Waals surface area contributed by atoms with Crippen molar-refractivity contribution in [1.82, 2.24) is 10.3 Å². The van der Waals surface area contributed by atoms with Gasteiger partial charge in [-0.05, 0) is 45.7 Å². The molecule has 0 aliphatic carbocycles. The molecule has 1 amide bonds. The van der Waals surface area contributed by atoms with Crippen molar-refractivity contribution in [2.45, 2.75) is 65.4 Å². The summed E-state index contributed by atoms with van der Waals surface area (Å²) in [4.78, 5) is 53.7. The maximum Gasteiger partial charge on any atom is 0.508 e. The summed E-state index contributed by atoms with van der Waals surface area (Å²) in [5, 5.41) is 12.4. The zero-order valence-electron chi connectivity index (χ0n) is 18.6. The predicted octanol–water partition coefficient (Wildman–Crippen LogP) is 1.64. The number of hydrogen-bond acceptors (Lipinski definition) is 10. The predicted molar refractivity (Wildman–Crippen MR) is 109 cm³/mol. The highest BCUT2D eigenvalue weighted by atomic mass is 16.7. The van der Waals surface area contributed by atoms with Crippen LogP contribution in [0, 0.1) is 12.8 Å². The molecule has 0 bridgehead atoms. The van der Waals surface area contributed by atoms with Crippen molar-refractivity contribution < 1.29 is 43.2 Å². The van der Waals surface area contributed by atoms with Gasteiger partial charge in [0.15, 0.2) is 17.8 Å². The van der Waals surface area contributed by atoms with Gasteiger partial charge >= 0.3 is 18.1 Å². The number of amides is 1. The molecule has 11 heteroatoms. The lowest BCUT2D eigenvalue weighted by atomic mass is 9.95. The lowest BCUT2D eigenvalue weighted by Gasteiger charge is -2.28. The zero-order valence-corrected chi connectivity index (χ0v) is 18.6. The molecule has 2 rings (SSSR count). The third-order valence-corrected chi connectivity index (χ3v) is 4.79. The average molecular weight is 452 g/mol. The number of nitrogens with zero attached hydrogens (tertiary/aromatic N) is 1. The van der Waals surface area contributed by atoms with Crippen molar-refractivity contribution in [2.24, 2.45) is 5.92 Å². The van der Waals surface area contributed by atoms with Crippen LogP contribution in [-0.4, -0.2) is 65.1 Å². The number of ether oxygens (including phenoxy) is 4. The van der Waals surface area contributed by atoms with E-state index in [2.05, 4.69) is 10.3 Å². The van der Waals surface area contributed by atoms with Gasteiger partial charge in [0.1, 0.15) is 18.5 Å². The van der Waals surface area contributed by atoms with Gasteiger partial charge in [-0.1, -0.05) is 6.92 Å². The fourth-order valence-corrected chi connectivity index (χ4v) is 3.09. The molecule has 4 atom stereocenters. The molecule has 32 heavy (non-hydrogen) atoms. The van der Waals surface area contributed by atoms with E-state index in [0.29, 0.717) is 5.56 Å². The second kappa shape index (κ2) is 10.8. The normalized spacial score (nSPS) is 23.8. The molecule has 11 nitrogen and oxygen atoms in total. The summed E-state index contributed by atoms with van der Waals surface area (Å²) in [6, 6.07) is 0.147. The fourth-order valence-electron chi connectivity index (χ4n) is 3.09. The lowest BCUT2D eigenvalue weighted by molar-refractivity contribution is -0.161. The first-order valence-corrected chi connectivity index (χ1v) is 10.2. The molecule has 0 radical (unpaired) electrons. The minimum absolute atomic E-state index is 0.235. The molecule has 1 aromatic heterocycles. The van der Waals surface area contributed by atoms with Gasteiger partial charge < -0.3 is 29.4 Å². The van der Waals surface area contributed by atoms with Crippen molar-refractivity contribution in [2.75, 3.05) is 6.61 Å². The monoisotopic (exact) mass is 452 g/mol. The molecule has 0 saturated carbocycles. The Morgan fingerprint density at radius 1 is 1.31 bits per heavy atom. The highest BCUT2D eigenvalue weighted by Crippen LogP contribution is 2.23. The van der Waals surface area contributed by atoms with Gasteiger partial charge in [-0.25, -0.2) is 14.6 Å². The van der Waals surface area contributed by atoms with Gasteiger partial charge in [0, 0.05) is 6.20 Å². The molecule has 1 aromatic rings. The Kier molecular flexibility index (Phi) is 8.39. The number of hydrogen-bond donors (Lipinski definition) is 2. The van der Waals surface area contributed by atoms with Crippen LogP contribution in [0.3, 0.4) is 0 Å². The van der Waals surface area contributed by atoms with Gasteiger partial charge in [-0.15, -0.1) is 0 Å². The molecule has 176 valence electrons. The molecular formula is C21H28N2O9. The van der Waals surface area contributed by atoms with E-state index in [1.807, 2.05) is 0 Å². The maximum atomic E-state index is 12.7. The SMILES string of the molecule is CC[C@H]1C(=O)OC[C@H](NC(=O)c2nccc(C)c2O)C(=O)O[C@@H](C)[C@@H]1OC(=O)OC(C)C. The first-order valence-electron chi connectivity index (χ1n) is 10.2. The lowest BCUT2D eigenvalue weighted by Crippen LogP contribution is -2.46. The summed E-state index contributed by atoms with van der Waals surface area (Å²) < 4.78 is 20.8. The van der Waals surface area contributed by atoms with E-state index in [0.717, 1.165) is 0 Å². The smallest absolute Gasteiger partial charge is 0.505 e. The van der Waals surface area contributed by atoms with Crippen molar-refractivity contribution in [1.29, 1.82) is 0 Å². The van der Waals surface area contributed by atoms with Gasteiger partial charge in [0.25, 0.3) is 5.91 Å². The van der Waals surface area contributed by atoms with E-state index < -0.39 is 60.9 Å². The molecule has 1 aliphatic heterocycles. The Balaban J connectivity index is 2.22. The third kappa shape index (κ3) is 6.08. The second-order valence-corrected chi connectivity index (χ2v) is 7.64. The van der Waals surface area contributed by atoms with E-state index >= 15 is 0 Å². The number of rotatable bonds is 5. The summed E-state index contributed by atoms with van der Waals surface area (Å²) in [6.45, 7) is 7.48. The van der Waals surface area contributed by atoms with Crippen LogP contribution in [0.25, 0.3) is 0 Å². The summed E-state index contributed by atoms with van der Waals surface area (Å²) in [5.41, 5.74) is 0.127. The van der Waals surface area contributed by atoms with Crippen LogP contribution < -0.4 is 5.32 Å². The number of nitrogens with one attached hydrogen (secondary N) is 1. The largest absolute Gasteiger partial charge is 0.508 e. The number of aryl methyl sites for hydroxylation is 1. The number of cyclic esters (lactones) is 2. The number of aromatic nitrogens is 1. The zero-order chi connectivity index (χ0) is 24.0.